The molecule has 1 amide bonds. The second kappa shape index (κ2) is 8.10. The van der Waals surface area contributed by atoms with Crippen molar-refractivity contribution in [2.75, 3.05) is 25.5 Å². The van der Waals surface area contributed by atoms with Crippen LogP contribution in [0, 0.1) is 0 Å². The fraction of sp³-hybridized carbons (Fsp3) is 0.300. The van der Waals surface area contributed by atoms with Crippen LogP contribution >= 0.6 is 11.3 Å². The summed E-state index contributed by atoms with van der Waals surface area (Å²) in [6, 6.07) is 11.5. The Morgan fingerprint density at radius 1 is 1.10 bits per heavy atom. The number of rotatable bonds is 5. The highest BCUT2D eigenvalue weighted by Crippen LogP contribution is 2.29. The van der Waals surface area contributed by atoms with Crippen molar-refractivity contribution in [1.29, 1.82) is 0 Å². The first kappa shape index (κ1) is 19.8. The van der Waals surface area contributed by atoms with Gasteiger partial charge in [-0.25, -0.2) is 13.4 Å². The molecule has 2 aromatic carbocycles. The van der Waals surface area contributed by atoms with E-state index in [9.17, 15) is 13.2 Å². The van der Waals surface area contributed by atoms with Crippen LogP contribution in [0.1, 0.15) is 29.6 Å². The third-order valence-electron chi connectivity index (χ3n) is 4.89. The van der Waals surface area contributed by atoms with E-state index in [4.69, 9.17) is 4.74 Å². The molecule has 1 fully saturated rings. The van der Waals surface area contributed by atoms with Gasteiger partial charge in [0.05, 0.1) is 22.2 Å². The zero-order valence-electron chi connectivity index (χ0n) is 15.9. The van der Waals surface area contributed by atoms with E-state index in [0.29, 0.717) is 23.8 Å². The molecular weight excluding hydrogens is 410 g/mol. The standard InChI is InChI=1S/C20H21N3O4S2/c1-27-15-7-10-17-18(13-15)28-20(21-17)22-19(24)14-5-8-16(9-6-14)29(25,26)23-11-3-2-4-12-23/h5-10,13H,2-4,11-12H2,1H3,(H,21,22,24). The summed E-state index contributed by atoms with van der Waals surface area (Å²) in [5.41, 5.74) is 1.15. The zero-order chi connectivity index (χ0) is 20.4. The maximum absolute atomic E-state index is 12.7. The Kier molecular flexibility index (Phi) is 5.53. The van der Waals surface area contributed by atoms with E-state index in [0.717, 1.165) is 35.2 Å². The number of sulfonamides is 1. The first-order valence-electron chi connectivity index (χ1n) is 9.33. The van der Waals surface area contributed by atoms with E-state index in [1.54, 1.807) is 7.11 Å². The minimum atomic E-state index is -3.51. The quantitative estimate of drug-likeness (QED) is 0.665. The summed E-state index contributed by atoms with van der Waals surface area (Å²) in [6.07, 6.45) is 2.82. The lowest BCUT2D eigenvalue weighted by Gasteiger charge is -2.25. The number of methoxy groups -OCH3 is 1. The monoisotopic (exact) mass is 431 g/mol. The topological polar surface area (TPSA) is 88.6 Å². The summed E-state index contributed by atoms with van der Waals surface area (Å²) in [7, 11) is -1.91. The van der Waals surface area contributed by atoms with Crippen LogP contribution in [0.25, 0.3) is 10.2 Å². The predicted octanol–water partition coefficient (Wildman–Crippen LogP) is 3.73. The van der Waals surface area contributed by atoms with Crippen LogP contribution < -0.4 is 10.1 Å². The van der Waals surface area contributed by atoms with Gasteiger partial charge in [-0.3, -0.25) is 10.1 Å². The molecule has 1 aromatic heterocycles. The maximum atomic E-state index is 12.7. The highest BCUT2D eigenvalue weighted by molar-refractivity contribution is 7.89. The number of amides is 1. The molecule has 1 aliphatic heterocycles. The number of benzene rings is 2. The number of nitrogens with one attached hydrogen (secondary N) is 1. The summed E-state index contributed by atoms with van der Waals surface area (Å²) in [6.45, 7) is 1.10. The lowest BCUT2D eigenvalue weighted by molar-refractivity contribution is 0.102. The summed E-state index contributed by atoms with van der Waals surface area (Å²) in [5, 5.41) is 3.25. The molecule has 7 nitrogen and oxygen atoms in total. The van der Waals surface area contributed by atoms with Gasteiger partial charge in [-0.05, 0) is 55.3 Å². The molecular formula is C20H21N3O4S2. The number of nitrogens with zero attached hydrogens (tertiary/aromatic N) is 2. The number of aromatic nitrogens is 1. The van der Waals surface area contributed by atoms with Crippen molar-refractivity contribution < 1.29 is 17.9 Å². The minimum Gasteiger partial charge on any atom is -0.497 e. The van der Waals surface area contributed by atoms with Crippen molar-refractivity contribution in [1.82, 2.24) is 9.29 Å². The molecule has 29 heavy (non-hydrogen) atoms. The Balaban J connectivity index is 1.49. The number of fused-ring (bicyclic) bond motifs is 1. The molecule has 0 spiro atoms. The number of ether oxygens (including phenoxy) is 1. The van der Waals surface area contributed by atoms with Gasteiger partial charge in [-0.2, -0.15) is 4.31 Å². The van der Waals surface area contributed by atoms with Crippen LogP contribution in [-0.2, 0) is 10.0 Å². The van der Waals surface area contributed by atoms with E-state index in [1.807, 2.05) is 18.2 Å². The molecule has 0 unspecified atom stereocenters. The lowest BCUT2D eigenvalue weighted by Crippen LogP contribution is -2.35. The molecule has 9 heteroatoms. The molecule has 2 heterocycles. The smallest absolute Gasteiger partial charge is 0.257 e. The molecule has 4 rings (SSSR count). The molecule has 0 atom stereocenters. The third kappa shape index (κ3) is 4.12. The Morgan fingerprint density at radius 3 is 2.52 bits per heavy atom. The largest absolute Gasteiger partial charge is 0.497 e. The minimum absolute atomic E-state index is 0.211. The number of hydrogen-bond acceptors (Lipinski definition) is 6. The van der Waals surface area contributed by atoms with E-state index in [-0.39, 0.29) is 10.8 Å². The number of thiazole rings is 1. The highest BCUT2D eigenvalue weighted by Gasteiger charge is 2.26. The molecule has 0 radical (unpaired) electrons. The predicted molar refractivity (Wildman–Crippen MR) is 113 cm³/mol. The first-order chi connectivity index (χ1) is 14.0. The van der Waals surface area contributed by atoms with Gasteiger partial charge in [0.1, 0.15) is 5.75 Å². The average molecular weight is 432 g/mol. The molecule has 152 valence electrons. The van der Waals surface area contributed by atoms with Crippen molar-refractivity contribution >= 4 is 42.6 Å². The number of carbonyl (C=O) groups excluding carboxylic acids is 1. The Hall–Kier alpha value is -2.49. The van der Waals surface area contributed by atoms with Gasteiger partial charge in [-0.15, -0.1) is 0 Å². The van der Waals surface area contributed by atoms with Crippen LogP contribution in [0.5, 0.6) is 5.75 Å². The fourth-order valence-corrected chi connectivity index (χ4v) is 5.69. The Labute approximate surface area is 173 Å². The van der Waals surface area contributed by atoms with Gasteiger partial charge in [-0.1, -0.05) is 17.8 Å². The molecule has 3 aromatic rings. The molecule has 0 bridgehead atoms. The van der Waals surface area contributed by atoms with Crippen LogP contribution in [0.2, 0.25) is 0 Å². The zero-order valence-corrected chi connectivity index (χ0v) is 17.6. The van der Waals surface area contributed by atoms with E-state index < -0.39 is 10.0 Å². The van der Waals surface area contributed by atoms with Gasteiger partial charge < -0.3 is 4.74 Å². The number of piperidine rings is 1. The summed E-state index contributed by atoms with van der Waals surface area (Å²) < 4.78 is 33.1. The second-order valence-corrected chi connectivity index (χ2v) is 9.76. The maximum Gasteiger partial charge on any atom is 0.257 e. The van der Waals surface area contributed by atoms with E-state index in [2.05, 4.69) is 10.3 Å². The molecule has 0 aliphatic carbocycles. The van der Waals surface area contributed by atoms with Gasteiger partial charge in [0, 0.05) is 18.7 Å². The SMILES string of the molecule is COc1ccc2nc(NC(=O)c3ccc(S(=O)(=O)N4CCCCC4)cc3)sc2c1. The third-order valence-corrected chi connectivity index (χ3v) is 7.73. The van der Waals surface area contributed by atoms with Crippen LogP contribution in [0.15, 0.2) is 47.4 Å². The average Bonchev–Trinajstić information content (AvgIpc) is 3.15. The van der Waals surface area contributed by atoms with Crippen molar-refractivity contribution in [3.63, 3.8) is 0 Å². The Morgan fingerprint density at radius 2 is 1.83 bits per heavy atom. The molecule has 0 saturated carbocycles. The second-order valence-electron chi connectivity index (χ2n) is 6.80. The van der Waals surface area contributed by atoms with E-state index in [1.165, 1.54) is 39.9 Å². The number of anilines is 1. The summed E-state index contributed by atoms with van der Waals surface area (Å²) in [4.78, 5) is 17.2. The summed E-state index contributed by atoms with van der Waals surface area (Å²) >= 11 is 1.35. The van der Waals surface area contributed by atoms with Crippen molar-refractivity contribution in [3.8, 4) is 5.75 Å². The van der Waals surface area contributed by atoms with Gasteiger partial charge in [0.15, 0.2) is 5.13 Å². The van der Waals surface area contributed by atoms with Gasteiger partial charge in [0.25, 0.3) is 5.91 Å². The number of carbonyl (C=O) groups is 1. The Bertz CT molecular complexity index is 1130. The van der Waals surface area contributed by atoms with Crippen LogP contribution in [0.3, 0.4) is 0 Å². The summed E-state index contributed by atoms with van der Waals surface area (Å²) in [5.74, 6) is 0.391. The van der Waals surface area contributed by atoms with Crippen LogP contribution in [-0.4, -0.2) is 43.8 Å². The number of hydrogen-bond donors (Lipinski definition) is 1. The van der Waals surface area contributed by atoms with Gasteiger partial charge in [0.2, 0.25) is 10.0 Å². The fourth-order valence-electron chi connectivity index (χ4n) is 3.29. The molecule has 1 N–H and O–H groups in total. The molecule has 1 saturated heterocycles. The normalized spacial score (nSPS) is 15.3. The van der Waals surface area contributed by atoms with Crippen LogP contribution in [0.4, 0.5) is 5.13 Å². The van der Waals surface area contributed by atoms with E-state index >= 15 is 0 Å². The lowest BCUT2D eigenvalue weighted by atomic mass is 10.2. The van der Waals surface area contributed by atoms with Crippen molar-refractivity contribution in [2.45, 2.75) is 24.2 Å². The van der Waals surface area contributed by atoms with Gasteiger partial charge >= 0.3 is 0 Å². The first-order valence-corrected chi connectivity index (χ1v) is 11.6. The van der Waals surface area contributed by atoms with Crippen molar-refractivity contribution in [2.24, 2.45) is 0 Å². The van der Waals surface area contributed by atoms with Crippen molar-refractivity contribution in [3.05, 3.63) is 48.0 Å². The highest BCUT2D eigenvalue weighted by atomic mass is 32.2. The molecule has 1 aliphatic rings.